The van der Waals surface area contributed by atoms with E-state index < -0.39 is 0 Å². The van der Waals surface area contributed by atoms with Crippen molar-refractivity contribution in [3.05, 3.63) is 47.2 Å². The second-order valence-corrected chi connectivity index (χ2v) is 4.50. The van der Waals surface area contributed by atoms with Crippen LogP contribution in [0.25, 0.3) is 11.3 Å². The average Bonchev–Trinajstić information content (AvgIpc) is 2.67. The van der Waals surface area contributed by atoms with E-state index in [-0.39, 0.29) is 5.91 Å². The monoisotopic (exact) mass is 242 g/mol. The molecule has 0 unspecified atom stereocenters. The van der Waals surface area contributed by atoms with Crippen molar-refractivity contribution in [2.24, 2.45) is 12.8 Å². The fourth-order valence-electron chi connectivity index (χ4n) is 2.14. The minimum atomic E-state index is -0.375. The number of primary amides is 1. The van der Waals surface area contributed by atoms with Crippen LogP contribution in [-0.4, -0.2) is 10.5 Å². The highest BCUT2D eigenvalue weighted by atomic mass is 16.1. The van der Waals surface area contributed by atoms with E-state index in [1.165, 1.54) is 5.56 Å². The van der Waals surface area contributed by atoms with E-state index in [4.69, 9.17) is 5.73 Å². The normalized spacial score (nSPS) is 10.6. The largest absolute Gasteiger partial charge is 0.366 e. The highest BCUT2D eigenvalue weighted by Crippen LogP contribution is 2.25. The van der Waals surface area contributed by atoms with Crippen molar-refractivity contribution in [1.29, 1.82) is 0 Å². The van der Waals surface area contributed by atoms with Crippen LogP contribution in [0, 0.1) is 6.92 Å². The Morgan fingerprint density at radius 2 is 1.89 bits per heavy atom. The topological polar surface area (TPSA) is 48.0 Å². The summed E-state index contributed by atoms with van der Waals surface area (Å²) in [5, 5.41) is 0. The first-order chi connectivity index (χ1) is 8.54. The highest BCUT2D eigenvalue weighted by Gasteiger charge is 2.14. The molecular weight excluding hydrogens is 224 g/mol. The van der Waals surface area contributed by atoms with Gasteiger partial charge in [0, 0.05) is 18.4 Å². The summed E-state index contributed by atoms with van der Waals surface area (Å²) in [5.41, 5.74) is 10.3. The lowest BCUT2D eigenvalue weighted by Crippen LogP contribution is -2.11. The molecular formula is C15H18N2O. The number of benzene rings is 1. The van der Waals surface area contributed by atoms with E-state index in [1.807, 2.05) is 24.6 Å². The van der Waals surface area contributed by atoms with Gasteiger partial charge in [-0.1, -0.05) is 31.2 Å². The molecule has 2 aromatic rings. The molecule has 2 rings (SSSR count). The van der Waals surface area contributed by atoms with Gasteiger partial charge in [-0.3, -0.25) is 4.79 Å². The van der Waals surface area contributed by atoms with Crippen LogP contribution in [0.5, 0.6) is 0 Å². The Bertz CT molecular complexity index is 579. The van der Waals surface area contributed by atoms with Crippen LogP contribution in [0.2, 0.25) is 0 Å². The van der Waals surface area contributed by atoms with Gasteiger partial charge in [0.2, 0.25) is 0 Å². The van der Waals surface area contributed by atoms with Gasteiger partial charge in [-0.25, -0.2) is 0 Å². The summed E-state index contributed by atoms with van der Waals surface area (Å²) in [7, 11) is 1.95. The summed E-state index contributed by atoms with van der Waals surface area (Å²) >= 11 is 0. The molecule has 1 amide bonds. The molecule has 0 aliphatic carbocycles. The summed E-state index contributed by atoms with van der Waals surface area (Å²) < 4.78 is 2.00. The third-order valence-corrected chi connectivity index (χ3v) is 3.46. The highest BCUT2D eigenvalue weighted by molar-refractivity contribution is 5.95. The first-order valence-corrected chi connectivity index (χ1v) is 6.10. The molecule has 0 radical (unpaired) electrons. The van der Waals surface area contributed by atoms with Gasteiger partial charge in [0.1, 0.15) is 0 Å². The Kier molecular flexibility index (Phi) is 3.24. The van der Waals surface area contributed by atoms with Crippen molar-refractivity contribution in [1.82, 2.24) is 4.57 Å². The predicted molar refractivity (Wildman–Crippen MR) is 73.5 cm³/mol. The molecule has 0 saturated heterocycles. The lowest BCUT2D eigenvalue weighted by atomic mass is 10.1. The van der Waals surface area contributed by atoms with Gasteiger partial charge in [-0.05, 0) is 30.5 Å². The van der Waals surface area contributed by atoms with Crippen molar-refractivity contribution in [3.63, 3.8) is 0 Å². The molecule has 1 aromatic heterocycles. The van der Waals surface area contributed by atoms with E-state index in [2.05, 4.69) is 31.2 Å². The standard InChI is InChI=1S/C15H18N2O/c1-4-11-5-7-12(8-6-11)14-9-13(15(16)18)10(2)17(14)3/h5-9H,4H2,1-3H3,(H2,16,18). The van der Waals surface area contributed by atoms with Gasteiger partial charge in [0.25, 0.3) is 5.91 Å². The first-order valence-electron chi connectivity index (χ1n) is 6.10. The number of nitrogens with two attached hydrogens (primary N) is 1. The number of rotatable bonds is 3. The minimum absolute atomic E-state index is 0.375. The Labute approximate surface area is 107 Å². The molecule has 3 nitrogen and oxygen atoms in total. The average molecular weight is 242 g/mol. The number of carbonyl (C=O) groups is 1. The molecule has 0 spiro atoms. The first kappa shape index (κ1) is 12.4. The van der Waals surface area contributed by atoms with Gasteiger partial charge in [0.05, 0.1) is 5.56 Å². The van der Waals surface area contributed by atoms with Gasteiger partial charge in [-0.2, -0.15) is 0 Å². The predicted octanol–water partition coefficient (Wildman–Crippen LogP) is 2.66. The SMILES string of the molecule is CCc1ccc(-c2cc(C(N)=O)c(C)n2C)cc1. The quantitative estimate of drug-likeness (QED) is 0.883. The zero-order valence-corrected chi connectivity index (χ0v) is 11.0. The summed E-state index contributed by atoms with van der Waals surface area (Å²) in [5.74, 6) is -0.375. The molecule has 0 saturated carbocycles. The van der Waals surface area contributed by atoms with Crippen molar-refractivity contribution < 1.29 is 4.79 Å². The second-order valence-electron chi connectivity index (χ2n) is 4.50. The molecule has 0 fully saturated rings. The zero-order valence-electron chi connectivity index (χ0n) is 11.0. The third-order valence-electron chi connectivity index (χ3n) is 3.46. The fourth-order valence-corrected chi connectivity index (χ4v) is 2.14. The number of hydrogen-bond donors (Lipinski definition) is 1. The molecule has 3 heteroatoms. The van der Waals surface area contributed by atoms with E-state index in [9.17, 15) is 4.79 Å². The lowest BCUT2D eigenvalue weighted by molar-refractivity contribution is 0.0999. The van der Waals surface area contributed by atoms with Crippen LogP contribution < -0.4 is 5.73 Å². The van der Waals surface area contributed by atoms with Gasteiger partial charge >= 0.3 is 0 Å². The van der Waals surface area contributed by atoms with Crippen LogP contribution in [0.1, 0.15) is 28.5 Å². The van der Waals surface area contributed by atoms with Gasteiger partial charge in [-0.15, -0.1) is 0 Å². The van der Waals surface area contributed by atoms with Crippen molar-refractivity contribution in [2.75, 3.05) is 0 Å². The van der Waals surface area contributed by atoms with Crippen molar-refractivity contribution in [3.8, 4) is 11.3 Å². The smallest absolute Gasteiger partial charge is 0.250 e. The minimum Gasteiger partial charge on any atom is -0.366 e. The number of aryl methyl sites for hydroxylation is 1. The van der Waals surface area contributed by atoms with E-state index >= 15 is 0 Å². The number of amides is 1. The Morgan fingerprint density at radius 1 is 1.28 bits per heavy atom. The molecule has 18 heavy (non-hydrogen) atoms. The summed E-state index contributed by atoms with van der Waals surface area (Å²) in [6.07, 6.45) is 1.03. The van der Waals surface area contributed by atoms with Crippen LogP contribution in [-0.2, 0) is 13.5 Å². The maximum atomic E-state index is 11.3. The summed E-state index contributed by atoms with van der Waals surface area (Å²) in [6.45, 7) is 4.04. The lowest BCUT2D eigenvalue weighted by Gasteiger charge is -2.06. The molecule has 1 aromatic carbocycles. The fraction of sp³-hybridized carbons (Fsp3) is 0.267. The number of nitrogens with zero attached hydrogens (tertiary/aromatic N) is 1. The van der Waals surface area contributed by atoms with Crippen molar-refractivity contribution >= 4 is 5.91 Å². The molecule has 2 N–H and O–H groups in total. The molecule has 0 atom stereocenters. The maximum Gasteiger partial charge on any atom is 0.250 e. The number of hydrogen-bond acceptors (Lipinski definition) is 1. The van der Waals surface area contributed by atoms with Gasteiger partial charge in [0.15, 0.2) is 0 Å². The molecule has 0 aliphatic rings. The Balaban J connectivity index is 2.50. The number of carbonyl (C=O) groups excluding carboxylic acids is 1. The van der Waals surface area contributed by atoms with Crippen LogP contribution in [0.3, 0.4) is 0 Å². The third kappa shape index (κ3) is 2.04. The molecule has 0 bridgehead atoms. The molecule has 1 heterocycles. The zero-order chi connectivity index (χ0) is 13.3. The molecule has 0 aliphatic heterocycles. The van der Waals surface area contributed by atoms with Crippen LogP contribution in [0.4, 0.5) is 0 Å². The van der Waals surface area contributed by atoms with E-state index in [0.29, 0.717) is 5.56 Å². The summed E-state index contributed by atoms with van der Waals surface area (Å²) in [4.78, 5) is 11.3. The van der Waals surface area contributed by atoms with E-state index in [1.54, 1.807) is 0 Å². The molecule has 94 valence electrons. The maximum absolute atomic E-state index is 11.3. The summed E-state index contributed by atoms with van der Waals surface area (Å²) in [6, 6.07) is 10.2. The van der Waals surface area contributed by atoms with Crippen molar-refractivity contribution in [2.45, 2.75) is 20.3 Å². The Hall–Kier alpha value is -2.03. The Morgan fingerprint density at radius 3 is 2.33 bits per heavy atom. The number of aromatic nitrogens is 1. The second kappa shape index (κ2) is 4.69. The van der Waals surface area contributed by atoms with E-state index in [0.717, 1.165) is 23.4 Å². The van der Waals surface area contributed by atoms with Gasteiger partial charge < -0.3 is 10.3 Å². The van der Waals surface area contributed by atoms with Crippen LogP contribution in [0.15, 0.2) is 30.3 Å². The van der Waals surface area contributed by atoms with Crippen LogP contribution >= 0.6 is 0 Å².